The fourth-order valence-corrected chi connectivity index (χ4v) is 3.25. The highest BCUT2D eigenvalue weighted by Gasteiger charge is 2.31. The monoisotopic (exact) mass is 313 g/mol. The summed E-state index contributed by atoms with van der Waals surface area (Å²) in [6.07, 6.45) is 6.95. The molecule has 3 aromatic rings. The highest BCUT2D eigenvalue weighted by molar-refractivity contribution is 6.05. The molecule has 1 aliphatic heterocycles. The van der Waals surface area contributed by atoms with Gasteiger partial charge in [0.15, 0.2) is 0 Å². The SMILES string of the molecule is O=C(c1cc(F)cc2[nH]cnc12)N1CCC[C@H]1Cn1cccn1. The summed E-state index contributed by atoms with van der Waals surface area (Å²) in [6.45, 7) is 1.32. The minimum absolute atomic E-state index is 0.0691. The fourth-order valence-electron chi connectivity index (χ4n) is 3.25. The van der Waals surface area contributed by atoms with E-state index in [0.29, 0.717) is 29.7 Å². The van der Waals surface area contributed by atoms with E-state index in [0.717, 1.165) is 12.8 Å². The average Bonchev–Trinajstić information content (AvgIpc) is 3.26. The number of imidazole rings is 1. The molecule has 4 rings (SSSR count). The number of carbonyl (C=O) groups is 1. The van der Waals surface area contributed by atoms with E-state index in [1.165, 1.54) is 18.5 Å². The summed E-state index contributed by atoms with van der Waals surface area (Å²) in [5, 5.41) is 4.20. The predicted molar refractivity (Wildman–Crippen MR) is 82.3 cm³/mol. The number of carbonyl (C=O) groups excluding carboxylic acids is 1. The molecular formula is C16H16FN5O. The molecule has 0 bridgehead atoms. The maximum Gasteiger partial charge on any atom is 0.256 e. The summed E-state index contributed by atoms with van der Waals surface area (Å²) < 4.78 is 15.6. The number of halogens is 1. The van der Waals surface area contributed by atoms with E-state index in [1.807, 2.05) is 21.8 Å². The van der Waals surface area contributed by atoms with Crippen LogP contribution < -0.4 is 0 Å². The number of hydrogen-bond acceptors (Lipinski definition) is 3. The first kappa shape index (κ1) is 13.9. The molecule has 0 spiro atoms. The molecule has 1 fully saturated rings. The van der Waals surface area contributed by atoms with Gasteiger partial charge in [0.05, 0.1) is 30.0 Å². The molecule has 6 nitrogen and oxygen atoms in total. The highest BCUT2D eigenvalue weighted by atomic mass is 19.1. The minimum atomic E-state index is -0.437. The van der Waals surface area contributed by atoms with Crippen molar-refractivity contribution in [2.24, 2.45) is 0 Å². The topological polar surface area (TPSA) is 66.8 Å². The molecule has 1 amide bonds. The number of hydrogen-bond donors (Lipinski definition) is 1. The van der Waals surface area contributed by atoms with E-state index >= 15 is 0 Å². The molecule has 7 heteroatoms. The van der Waals surface area contributed by atoms with Crippen LogP contribution in [0.4, 0.5) is 4.39 Å². The molecule has 118 valence electrons. The van der Waals surface area contributed by atoms with Gasteiger partial charge >= 0.3 is 0 Å². The van der Waals surface area contributed by atoms with Crippen molar-refractivity contribution in [3.05, 3.63) is 48.3 Å². The molecule has 2 aromatic heterocycles. The molecule has 0 saturated carbocycles. The normalized spacial score (nSPS) is 18.0. The van der Waals surface area contributed by atoms with Crippen LogP contribution >= 0.6 is 0 Å². The van der Waals surface area contributed by atoms with Crippen LogP contribution in [0.5, 0.6) is 0 Å². The van der Waals surface area contributed by atoms with Gasteiger partial charge in [-0.25, -0.2) is 9.37 Å². The van der Waals surface area contributed by atoms with Gasteiger partial charge in [-0.15, -0.1) is 0 Å². The zero-order valence-corrected chi connectivity index (χ0v) is 12.4. The Kier molecular flexibility index (Phi) is 3.33. The first-order valence-electron chi connectivity index (χ1n) is 7.63. The van der Waals surface area contributed by atoms with Gasteiger partial charge < -0.3 is 9.88 Å². The molecule has 1 atom stereocenters. The van der Waals surface area contributed by atoms with Crippen molar-refractivity contribution in [3.63, 3.8) is 0 Å². The molecule has 1 aliphatic rings. The second-order valence-corrected chi connectivity index (χ2v) is 5.77. The van der Waals surface area contributed by atoms with E-state index in [-0.39, 0.29) is 11.9 Å². The Balaban J connectivity index is 1.65. The summed E-state index contributed by atoms with van der Waals surface area (Å²) in [6, 6.07) is 4.56. The van der Waals surface area contributed by atoms with Crippen LogP contribution in [0.25, 0.3) is 11.0 Å². The fraction of sp³-hybridized carbons (Fsp3) is 0.312. The highest BCUT2D eigenvalue weighted by Crippen LogP contribution is 2.25. The van der Waals surface area contributed by atoms with Gasteiger partial charge in [-0.05, 0) is 31.0 Å². The van der Waals surface area contributed by atoms with Gasteiger partial charge in [-0.3, -0.25) is 9.48 Å². The summed E-state index contributed by atoms with van der Waals surface area (Å²) in [5.74, 6) is -0.607. The van der Waals surface area contributed by atoms with Gasteiger partial charge in [-0.2, -0.15) is 5.10 Å². The third-order valence-corrected chi connectivity index (χ3v) is 4.31. The van der Waals surface area contributed by atoms with Crippen LogP contribution in [0.2, 0.25) is 0 Å². The number of fused-ring (bicyclic) bond motifs is 1. The summed E-state index contributed by atoms with van der Waals surface area (Å²) >= 11 is 0. The van der Waals surface area contributed by atoms with E-state index in [9.17, 15) is 9.18 Å². The minimum Gasteiger partial charge on any atom is -0.344 e. The van der Waals surface area contributed by atoms with Crippen molar-refractivity contribution in [1.82, 2.24) is 24.6 Å². The van der Waals surface area contributed by atoms with Crippen LogP contribution in [0.1, 0.15) is 23.2 Å². The standard InChI is InChI=1S/C16H16FN5O/c17-11-7-13(15-14(8-11)18-10-19-15)16(23)22-6-1-3-12(22)9-21-5-2-4-20-21/h2,4-5,7-8,10,12H,1,3,6,9H2,(H,18,19)/t12-/m0/s1. The Morgan fingerprint density at radius 2 is 2.35 bits per heavy atom. The smallest absolute Gasteiger partial charge is 0.256 e. The molecule has 1 saturated heterocycles. The molecule has 1 N–H and O–H groups in total. The number of rotatable bonds is 3. The van der Waals surface area contributed by atoms with Crippen LogP contribution in [0.3, 0.4) is 0 Å². The van der Waals surface area contributed by atoms with Gasteiger partial charge in [-0.1, -0.05) is 0 Å². The molecule has 0 radical (unpaired) electrons. The maximum atomic E-state index is 13.8. The quantitative estimate of drug-likeness (QED) is 0.806. The second-order valence-electron chi connectivity index (χ2n) is 5.77. The third kappa shape index (κ3) is 2.48. The lowest BCUT2D eigenvalue weighted by atomic mass is 10.1. The lowest BCUT2D eigenvalue weighted by Gasteiger charge is -2.25. The Morgan fingerprint density at radius 3 is 3.17 bits per heavy atom. The van der Waals surface area contributed by atoms with Crippen LogP contribution in [0, 0.1) is 5.82 Å². The van der Waals surface area contributed by atoms with E-state index < -0.39 is 5.82 Å². The van der Waals surface area contributed by atoms with Crippen LogP contribution in [-0.4, -0.2) is 43.1 Å². The molecule has 3 heterocycles. The number of aromatic nitrogens is 4. The number of benzene rings is 1. The Labute approximate surface area is 131 Å². The van der Waals surface area contributed by atoms with Gasteiger partial charge in [0.1, 0.15) is 11.3 Å². The van der Waals surface area contributed by atoms with Crippen LogP contribution in [-0.2, 0) is 6.54 Å². The number of amides is 1. The van der Waals surface area contributed by atoms with Crippen molar-refractivity contribution in [3.8, 4) is 0 Å². The Bertz CT molecular complexity index is 841. The van der Waals surface area contributed by atoms with E-state index in [2.05, 4.69) is 15.1 Å². The first-order chi connectivity index (χ1) is 11.2. The molecule has 23 heavy (non-hydrogen) atoms. The third-order valence-electron chi connectivity index (χ3n) is 4.31. The largest absolute Gasteiger partial charge is 0.344 e. The lowest BCUT2D eigenvalue weighted by molar-refractivity contribution is 0.0723. The first-order valence-corrected chi connectivity index (χ1v) is 7.63. The Hall–Kier alpha value is -2.70. The van der Waals surface area contributed by atoms with E-state index in [1.54, 1.807) is 6.20 Å². The van der Waals surface area contributed by atoms with Crippen molar-refractivity contribution < 1.29 is 9.18 Å². The van der Waals surface area contributed by atoms with Crippen molar-refractivity contribution >= 4 is 16.9 Å². The van der Waals surface area contributed by atoms with Crippen molar-refractivity contribution in [1.29, 1.82) is 0 Å². The van der Waals surface area contributed by atoms with Crippen molar-refractivity contribution in [2.45, 2.75) is 25.4 Å². The second kappa shape index (κ2) is 5.49. The van der Waals surface area contributed by atoms with Gasteiger partial charge in [0, 0.05) is 18.9 Å². The average molecular weight is 313 g/mol. The lowest BCUT2D eigenvalue weighted by Crippen LogP contribution is -2.38. The Morgan fingerprint density at radius 1 is 1.43 bits per heavy atom. The van der Waals surface area contributed by atoms with Gasteiger partial charge in [0.25, 0.3) is 5.91 Å². The van der Waals surface area contributed by atoms with Gasteiger partial charge in [0.2, 0.25) is 0 Å². The number of likely N-dealkylation sites (tertiary alicyclic amines) is 1. The molecular weight excluding hydrogens is 297 g/mol. The molecule has 0 aliphatic carbocycles. The number of aromatic amines is 1. The van der Waals surface area contributed by atoms with Crippen LogP contribution in [0.15, 0.2) is 36.9 Å². The number of H-pyrrole nitrogens is 1. The maximum absolute atomic E-state index is 13.8. The zero-order valence-electron chi connectivity index (χ0n) is 12.4. The summed E-state index contributed by atoms with van der Waals surface area (Å²) in [5.41, 5.74) is 1.37. The zero-order chi connectivity index (χ0) is 15.8. The number of nitrogens with zero attached hydrogens (tertiary/aromatic N) is 4. The van der Waals surface area contributed by atoms with Crippen molar-refractivity contribution in [2.75, 3.05) is 6.54 Å². The summed E-state index contributed by atoms with van der Waals surface area (Å²) in [7, 11) is 0. The predicted octanol–water partition coefficient (Wildman–Crippen LogP) is 2.20. The molecule has 1 aromatic carbocycles. The summed E-state index contributed by atoms with van der Waals surface area (Å²) in [4.78, 5) is 21.8. The van der Waals surface area contributed by atoms with E-state index in [4.69, 9.17) is 0 Å². The molecule has 0 unspecified atom stereocenters. The number of nitrogens with one attached hydrogen (secondary N) is 1.